The van der Waals surface area contributed by atoms with Gasteiger partial charge in [0.05, 0.1) is 5.41 Å². The Morgan fingerprint density at radius 2 is 1.94 bits per heavy atom. The minimum atomic E-state index is -0.369. The molecule has 0 aliphatic heterocycles. The lowest BCUT2D eigenvalue weighted by molar-refractivity contribution is -0.131. The third kappa shape index (κ3) is 3.98. The highest BCUT2D eigenvalue weighted by molar-refractivity contribution is 7.98. The van der Waals surface area contributed by atoms with Gasteiger partial charge in [0.25, 0.3) is 0 Å². The van der Waals surface area contributed by atoms with Gasteiger partial charge in [-0.3, -0.25) is 4.79 Å². The Morgan fingerprint density at radius 3 is 2.25 bits per heavy atom. The highest BCUT2D eigenvalue weighted by Crippen LogP contribution is 2.25. The number of hydrogen-bond acceptors (Lipinski definition) is 3. The van der Waals surface area contributed by atoms with Crippen LogP contribution in [0.2, 0.25) is 0 Å². The van der Waals surface area contributed by atoms with E-state index in [0.717, 1.165) is 25.0 Å². The van der Waals surface area contributed by atoms with E-state index >= 15 is 0 Å². The summed E-state index contributed by atoms with van der Waals surface area (Å²) in [5, 5.41) is 3.12. The zero-order valence-electron chi connectivity index (χ0n) is 11.0. The maximum atomic E-state index is 12.2. The van der Waals surface area contributed by atoms with Gasteiger partial charge < -0.3 is 11.1 Å². The van der Waals surface area contributed by atoms with Crippen molar-refractivity contribution in [1.29, 1.82) is 0 Å². The summed E-state index contributed by atoms with van der Waals surface area (Å²) < 4.78 is 0. The second kappa shape index (κ2) is 7.96. The highest BCUT2D eigenvalue weighted by atomic mass is 32.2. The predicted octanol–water partition coefficient (Wildman–Crippen LogP) is 2.01. The minimum Gasteiger partial charge on any atom is -0.352 e. The highest BCUT2D eigenvalue weighted by Gasteiger charge is 2.34. The largest absolute Gasteiger partial charge is 0.352 e. The van der Waals surface area contributed by atoms with Gasteiger partial charge in [0.1, 0.15) is 0 Å². The number of nitrogens with two attached hydrogens (primary N) is 1. The molecule has 0 aliphatic carbocycles. The minimum absolute atomic E-state index is 0.126. The predicted molar refractivity (Wildman–Crippen MR) is 72.7 cm³/mol. The van der Waals surface area contributed by atoms with E-state index in [4.69, 9.17) is 5.73 Å². The van der Waals surface area contributed by atoms with Crippen LogP contribution < -0.4 is 11.1 Å². The molecule has 0 aromatic carbocycles. The van der Waals surface area contributed by atoms with Crippen molar-refractivity contribution in [1.82, 2.24) is 5.32 Å². The third-order valence-electron chi connectivity index (χ3n) is 3.42. The van der Waals surface area contributed by atoms with Crippen molar-refractivity contribution >= 4 is 17.7 Å². The summed E-state index contributed by atoms with van der Waals surface area (Å²) in [6.07, 6.45) is 4.65. The quantitative estimate of drug-likeness (QED) is 0.689. The van der Waals surface area contributed by atoms with Gasteiger partial charge in [-0.2, -0.15) is 11.8 Å². The molecular weight excluding hydrogens is 220 g/mol. The second-order valence-corrected chi connectivity index (χ2v) is 5.14. The molecule has 96 valence electrons. The lowest BCUT2D eigenvalue weighted by Gasteiger charge is -2.30. The van der Waals surface area contributed by atoms with Crippen LogP contribution in [0.1, 0.15) is 40.0 Å². The van der Waals surface area contributed by atoms with Crippen molar-refractivity contribution in [2.45, 2.75) is 46.1 Å². The summed E-state index contributed by atoms with van der Waals surface area (Å²) >= 11 is 1.76. The van der Waals surface area contributed by atoms with Crippen molar-refractivity contribution in [3.8, 4) is 0 Å². The van der Waals surface area contributed by atoms with Crippen LogP contribution in [0.5, 0.6) is 0 Å². The first-order chi connectivity index (χ1) is 7.60. The third-order valence-corrected chi connectivity index (χ3v) is 4.16. The Kier molecular flexibility index (Phi) is 7.85. The van der Waals surface area contributed by atoms with Gasteiger partial charge in [-0.15, -0.1) is 0 Å². The molecule has 0 bridgehead atoms. The first kappa shape index (κ1) is 15.8. The van der Waals surface area contributed by atoms with Crippen LogP contribution >= 0.6 is 11.8 Å². The molecule has 0 aromatic rings. The van der Waals surface area contributed by atoms with E-state index in [-0.39, 0.29) is 17.4 Å². The SMILES string of the molecule is CCC(CSC)NC(=O)C(CC)(CC)CN. The standard InChI is InChI=1S/C12H26N2OS/c1-5-10(8-16-4)14-11(15)12(6-2,7-3)9-13/h10H,5-9,13H2,1-4H3,(H,14,15). The van der Waals surface area contributed by atoms with Gasteiger partial charge in [0, 0.05) is 18.3 Å². The van der Waals surface area contributed by atoms with Crippen LogP contribution in [0.4, 0.5) is 0 Å². The molecule has 0 rings (SSSR count). The van der Waals surface area contributed by atoms with Crippen LogP contribution in [-0.2, 0) is 4.79 Å². The Bertz CT molecular complexity index is 197. The zero-order chi connectivity index (χ0) is 12.6. The fraction of sp³-hybridized carbons (Fsp3) is 0.917. The topological polar surface area (TPSA) is 55.1 Å². The second-order valence-electron chi connectivity index (χ2n) is 4.23. The van der Waals surface area contributed by atoms with Crippen LogP contribution in [-0.4, -0.2) is 30.5 Å². The van der Waals surface area contributed by atoms with E-state index in [9.17, 15) is 4.79 Å². The summed E-state index contributed by atoms with van der Waals surface area (Å²) in [6, 6.07) is 0.270. The average molecular weight is 246 g/mol. The van der Waals surface area contributed by atoms with Crippen molar-refractivity contribution in [3.05, 3.63) is 0 Å². The Hall–Kier alpha value is -0.220. The van der Waals surface area contributed by atoms with E-state index in [1.54, 1.807) is 11.8 Å². The van der Waals surface area contributed by atoms with Crippen molar-refractivity contribution in [2.24, 2.45) is 11.1 Å². The molecule has 3 N–H and O–H groups in total. The summed E-state index contributed by atoms with van der Waals surface area (Å²) in [6.45, 7) is 6.60. The van der Waals surface area contributed by atoms with Crippen LogP contribution in [0.3, 0.4) is 0 Å². The van der Waals surface area contributed by atoms with Crippen molar-refractivity contribution in [2.75, 3.05) is 18.6 Å². The Morgan fingerprint density at radius 1 is 1.38 bits per heavy atom. The number of hydrogen-bond donors (Lipinski definition) is 2. The molecule has 3 nitrogen and oxygen atoms in total. The number of rotatable bonds is 8. The monoisotopic (exact) mass is 246 g/mol. The van der Waals surface area contributed by atoms with Gasteiger partial charge in [-0.1, -0.05) is 20.8 Å². The summed E-state index contributed by atoms with van der Waals surface area (Å²) in [7, 11) is 0. The van der Waals surface area contributed by atoms with E-state index in [2.05, 4.69) is 18.5 Å². The maximum absolute atomic E-state index is 12.2. The van der Waals surface area contributed by atoms with Crippen LogP contribution in [0, 0.1) is 5.41 Å². The fourth-order valence-corrected chi connectivity index (χ4v) is 2.48. The first-order valence-electron chi connectivity index (χ1n) is 6.10. The van der Waals surface area contributed by atoms with E-state index in [0.29, 0.717) is 6.54 Å². The molecule has 16 heavy (non-hydrogen) atoms. The molecule has 1 unspecified atom stereocenters. The number of nitrogens with one attached hydrogen (secondary N) is 1. The number of amides is 1. The molecule has 1 amide bonds. The zero-order valence-corrected chi connectivity index (χ0v) is 11.8. The molecule has 0 aliphatic rings. The number of carbonyl (C=O) groups is 1. The summed E-state index contributed by atoms with van der Waals surface area (Å²) in [5.41, 5.74) is 5.39. The van der Waals surface area contributed by atoms with Crippen LogP contribution in [0.25, 0.3) is 0 Å². The van der Waals surface area contributed by atoms with E-state index < -0.39 is 0 Å². The van der Waals surface area contributed by atoms with Crippen molar-refractivity contribution in [3.63, 3.8) is 0 Å². The molecule has 0 saturated carbocycles. The van der Waals surface area contributed by atoms with Gasteiger partial charge in [-0.25, -0.2) is 0 Å². The maximum Gasteiger partial charge on any atom is 0.227 e. The molecule has 0 aromatic heterocycles. The summed E-state index contributed by atoms with van der Waals surface area (Å²) in [4.78, 5) is 12.2. The molecule has 0 heterocycles. The van der Waals surface area contributed by atoms with Crippen molar-refractivity contribution < 1.29 is 4.79 Å². The fourth-order valence-electron chi connectivity index (χ4n) is 1.75. The molecule has 0 radical (unpaired) electrons. The molecule has 0 fully saturated rings. The molecule has 4 heteroatoms. The number of carbonyl (C=O) groups excluding carboxylic acids is 1. The Labute approximate surface area is 104 Å². The first-order valence-corrected chi connectivity index (χ1v) is 7.49. The van der Waals surface area contributed by atoms with Gasteiger partial charge in [0.2, 0.25) is 5.91 Å². The molecular formula is C12H26N2OS. The molecule has 1 atom stereocenters. The average Bonchev–Trinajstić information content (AvgIpc) is 2.31. The van der Waals surface area contributed by atoms with Gasteiger partial charge in [-0.05, 0) is 25.5 Å². The summed E-state index contributed by atoms with van der Waals surface area (Å²) in [5.74, 6) is 1.09. The smallest absolute Gasteiger partial charge is 0.227 e. The van der Waals surface area contributed by atoms with Gasteiger partial charge >= 0.3 is 0 Å². The Balaban J connectivity index is 4.50. The normalized spacial score (nSPS) is 13.6. The van der Waals surface area contributed by atoms with Crippen LogP contribution in [0.15, 0.2) is 0 Å². The van der Waals surface area contributed by atoms with E-state index in [1.165, 1.54) is 0 Å². The molecule has 0 saturated heterocycles. The lowest BCUT2D eigenvalue weighted by atomic mass is 9.81. The van der Waals surface area contributed by atoms with Gasteiger partial charge in [0.15, 0.2) is 0 Å². The number of thioether (sulfide) groups is 1. The lowest BCUT2D eigenvalue weighted by Crippen LogP contribution is -2.49. The molecule has 0 spiro atoms. The van der Waals surface area contributed by atoms with E-state index in [1.807, 2.05) is 13.8 Å².